The zero-order valence-electron chi connectivity index (χ0n) is 19.5. The molecule has 0 aromatic heterocycles. The van der Waals surface area contributed by atoms with Gasteiger partial charge in [-0.05, 0) is 61.3 Å². The number of carbonyl (C=O) groups excluding carboxylic acids is 1. The Bertz CT molecular complexity index is 777. The van der Waals surface area contributed by atoms with Crippen molar-refractivity contribution in [2.24, 2.45) is 28.9 Å². The first-order chi connectivity index (χ1) is 14.1. The van der Waals surface area contributed by atoms with E-state index in [0.29, 0.717) is 29.6 Å². The number of rotatable bonds is 7. The Hall–Kier alpha value is -1.08. The number of nitrogens with two attached hydrogens (primary N) is 1. The molecular formula is C24H38BClN2O3. The molecule has 0 spiro atoms. The molecule has 1 aliphatic heterocycles. The summed E-state index contributed by atoms with van der Waals surface area (Å²) in [6.45, 7) is 11.3. The van der Waals surface area contributed by atoms with Gasteiger partial charge in [-0.2, -0.15) is 0 Å². The fourth-order valence-electron chi connectivity index (χ4n) is 6.07. The van der Waals surface area contributed by atoms with Crippen LogP contribution in [0.5, 0.6) is 0 Å². The minimum absolute atomic E-state index is 0. The number of nitrogens with one attached hydrogen (secondary N) is 1. The molecule has 7 heteroatoms. The van der Waals surface area contributed by atoms with Crippen LogP contribution in [0, 0.1) is 23.2 Å². The van der Waals surface area contributed by atoms with Crippen molar-refractivity contribution < 1.29 is 14.1 Å². The average Bonchev–Trinajstić information content (AvgIpc) is 3.04. The molecule has 6 atom stereocenters. The Morgan fingerprint density at radius 1 is 1.23 bits per heavy atom. The quantitative estimate of drug-likeness (QED) is 0.623. The van der Waals surface area contributed by atoms with E-state index in [2.05, 4.69) is 39.9 Å². The van der Waals surface area contributed by atoms with Crippen LogP contribution in [0.3, 0.4) is 0 Å². The molecule has 5 unspecified atom stereocenters. The Morgan fingerprint density at radius 3 is 2.52 bits per heavy atom. The standard InChI is InChI=1S/C24H37BN2O3.ClH/c1-15(2)11-21(27-22(28)18(26)12-16-9-7-6-8-10-16)25-29-20-14-17-13-19(23(17,3)4)24(20,5)30-25;/h6-10,15,17-21H,11-14,26H2,1-5H3,(H,27,28);1H/t17?,18?,19?,20?,21?,24-;/m0./s1. The minimum atomic E-state index is -0.590. The molecule has 172 valence electrons. The molecule has 4 aliphatic rings. The SMILES string of the molecule is CC(C)CC(NC(=O)C(N)Cc1ccccc1)B1OC2CC3CC(C3(C)C)[C@]2(C)O1.Cl. The summed E-state index contributed by atoms with van der Waals surface area (Å²) in [7, 11) is -0.412. The van der Waals surface area contributed by atoms with Crippen LogP contribution in [0.15, 0.2) is 30.3 Å². The molecule has 4 fully saturated rings. The van der Waals surface area contributed by atoms with Crippen molar-refractivity contribution in [1.82, 2.24) is 5.32 Å². The second kappa shape index (κ2) is 9.05. The van der Waals surface area contributed by atoms with Gasteiger partial charge in [0.2, 0.25) is 5.91 Å². The number of halogens is 1. The van der Waals surface area contributed by atoms with Crippen LogP contribution in [-0.4, -0.2) is 36.7 Å². The van der Waals surface area contributed by atoms with Gasteiger partial charge in [0.05, 0.1) is 23.7 Å². The molecule has 31 heavy (non-hydrogen) atoms. The highest BCUT2D eigenvalue weighted by atomic mass is 35.5. The van der Waals surface area contributed by atoms with Crippen molar-refractivity contribution in [1.29, 1.82) is 0 Å². The first-order valence-electron chi connectivity index (χ1n) is 11.5. The maximum atomic E-state index is 12.9. The van der Waals surface area contributed by atoms with Gasteiger partial charge < -0.3 is 20.4 Å². The molecule has 5 rings (SSSR count). The Balaban J connectivity index is 0.00000272. The predicted octanol–water partition coefficient (Wildman–Crippen LogP) is 3.78. The molecular weight excluding hydrogens is 411 g/mol. The van der Waals surface area contributed by atoms with E-state index in [1.165, 1.54) is 6.42 Å². The van der Waals surface area contributed by atoms with Gasteiger partial charge in [0.15, 0.2) is 0 Å². The second-order valence-corrected chi connectivity index (χ2v) is 10.9. The van der Waals surface area contributed by atoms with Crippen LogP contribution in [0.2, 0.25) is 0 Å². The Labute approximate surface area is 193 Å². The summed E-state index contributed by atoms with van der Waals surface area (Å²) in [4.78, 5) is 12.9. The average molecular weight is 449 g/mol. The zero-order chi connectivity index (χ0) is 21.7. The molecule has 1 aromatic carbocycles. The van der Waals surface area contributed by atoms with Crippen LogP contribution in [-0.2, 0) is 20.5 Å². The highest BCUT2D eigenvalue weighted by Gasteiger charge is 2.68. The largest absolute Gasteiger partial charge is 0.481 e. The fourth-order valence-corrected chi connectivity index (χ4v) is 6.07. The maximum absolute atomic E-state index is 12.9. The molecule has 1 heterocycles. The van der Waals surface area contributed by atoms with Crippen LogP contribution in [0.25, 0.3) is 0 Å². The van der Waals surface area contributed by atoms with E-state index in [9.17, 15) is 4.79 Å². The summed E-state index contributed by atoms with van der Waals surface area (Å²) in [5.41, 5.74) is 7.34. The zero-order valence-corrected chi connectivity index (χ0v) is 20.3. The summed E-state index contributed by atoms with van der Waals surface area (Å²) >= 11 is 0. The number of hydrogen-bond acceptors (Lipinski definition) is 4. The van der Waals surface area contributed by atoms with Gasteiger partial charge in [0, 0.05) is 0 Å². The predicted molar refractivity (Wildman–Crippen MR) is 127 cm³/mol. The summed E-state index contributed by atoms with van der Waals surface area (Å²) in [5.74, 6) is 1.30. The van der Waals surface area contributed by atoms with Gasteiger partial charge in [0.1, 0.15) is 0 Å². The van der Waals surface area contributed by atoms with Crippen molar-refractivity contribution >= 4 is 25.4 Å². The van der Waals surface area contributed by atoms with Gasteiger partial charge >= 0.3 is 7.12 Å². The van der Waals surface area contributed by atoms with Crippen molar-refractivity contribution in [2.75, 3.05) is 0 Å². The lowest BCUT2D eigenvalue weighted by Gasteiger charge is -2.64. The molecule has 1 saturated heterocycles. The van der Waals surface area contributed by atoms with E-state index in [1.54, 1.807) is 0 Å². The minimum Gasteiger partial charge on any atom is -0.404 e. The van der Waals surface area contributed by atoms with E-state index >= 15 is 0 Å². The van der Waals surface area contributed by atoms with E-state index in [-0.39, 0.29) is 36.0 Å². The number of benzene rings is 1. The number of amides is 1. The summed E-state index contributed by atoms with van der Waals surface area (Å²) in [6, 6.07) is 9.32. The number of carbonyl (C=O) groups is 1. The summed E-state index contributed by atoms with van der Waals surface area (Å²) in [5, 5.41) is 3.17. The molecule has 3 N–H and O–H groups in total. The van der Waals surface area contributed by atoms with Gasteiger partial charge in [0.25, 0.3) is 0 Å². The fraction of sp³-hybridized carbons (Fsp3) is 0.708. The summed E-state index contributed by atoms with van der Waals surface area (Å²) in [6.07, 6.45) is 3.70. The third-order valence-corrected chi connectivity index (χ3v) is 7.99. The van der Waals surface area contributed by atoms with Crippen LogP contribution >= 0.6 is 12.4 Å². The number of hydrogen-bond donors (Lipinski definition) is 2. The van der Waals surface area contributed by atoms with Gasteiger partial charge in [-0.1, -0.05) is 58.0 Å². The Kier molecular flexibility index (Phi) is 7.17. The van der Waals surface area contributed by atoms with E-state index in [0.717, 1.165) is 18.4 Å². The van der Waals surface area contributed by atoms with Crippen molar-refractivity contribution in [3.8, 4) is 0 Å². The molecule has 3 saturated carbocycles. The second-order valence-electron chi connectivity index (χ2n) is 10.9. The maximum Gasteiger partial charge on any atom is 0.481 e. The third-order valence-electron chi connectivity index (χ3n) is 7.99. The lowest BCUT2D eigenvalue weighted by atomic mass is 9.43. The Morgan fingerprint density at radius 2 is 1.90 bits per heavy atom. The summed E-state index contributed by atoms with van der Waals surface area (Å²) < 4.78 is 13.1. The highest BCUT2D eigenvalue weighted by Crippen LogP contribution is 2.65. The lowest BCUT2D eigenvalue weighted by molar-refractivity contribution is -0.199. The topological polar surface area (TPSA) is 73.6 Å². The van der Waals surface area contributed by atoms with Crippen molar-refractivity contribution in [3.05, 3.63) is 35.9 Å². The van der Waals surface area contributed by atoms with Crippen molar-refractivity contribution in [3.63, 3.8) is 0 Å². The van der Waals surface area contributed by atoms with E-state index in [4.69, 9.17) is 15.0 Å². The molecule has 0 radical (unpaired) electrons. The normalized spacial score (nSPS) is 32.5. The van der Waals surface area contributed by atoms with Crippen LogP contribution in [0.4, 0.5) is 0 Å². The third kappa shape index (κ3) is 4.54. The lowest BCUT2D eigenvalue weighted by Crippen LogP contribution is -2.65. The van der Waals surface area contributed by atoms with E-state index in [1.807, 2.05) is 30.3 Å². The smallest absolute Gasteiger partial charge is 0.404 e. The molecule has 3 aliphatic carbocycles. The molecule has 5 nitrogen and oxygen atoms in total. The molecule has 2 bridgehead atoms. The highest BCUT2D eigenvalue weighted by molar-refractivity contribution is 6.47. The van der Waals surface area contributed by atoms with Crippen molar-refractivity contribution in [2.45, 2.75) is 84.0 Å². The van der Waals surface area contributed by atoms with Crippen LogP contribution < -0.4 is 11.1 Å². The van der Waals surface area contributed by atoms with Gasteiger partial charge in [-0.15, -0.1) is 12.4 Å². The molecule has 1 amide bonds. The van der Waals surface area contributed by atoms with Gasteiger partial charge in [-0.3, -0.25) is 4.79 Å². The first-order valence-corrected chi connectivity index (χ1v) is 11.5. The monoisotopic (exact) mass is 448 g/mol. The first kappa shape index (κ1) is 24.6. The molecule has 1 aromatic rings. The van der Waals surface area contributed by atoms with Gasteiger partial charge in [-0.25, -0.2) is 0 Å². The van der Waals surface area contributed by atoms with E-state index < -0.39 is 13.2 Å². The van der Waals surface area contributed by atoms with Crippen LogP contribution in [0.1, 0.15) is 59.4 Å².